The van der Waals surface area contributed by atoms with Crippen molar-refractivity contribution in [1.29, 1.82) is 0 Å². The third-order valence-corrected chi connectivity index (χ3v) is 4.49. The molecule has 0 amide bonds. The van der Waals surface area contributed by atoms with Crippen molar-refractivity contribution in [3.63, 3.8) is 0 Å². The smallest absolute Gasteiger partial charge is 0.323 e. The van der Waals surface area contributed by atoms with Gasteiger partial charge in [-0.1, -0.05) is 6.07 Å². The molecule has 0 radical (unpaired) electrons. The molecule has 0 aliphatic carbocycles. The van der Waals surface area contributed by atoms with E-state index >= 15 is 0 Å². The summed E-state index contributed by atoms with van der Waals surface area (Å²) >= 11 is 0. The number of pyridine rings is 1. The van der Waals surface area contributed by atoms with Crippen LogP contribution in [0.1, 0.15) is 5.56 Å². The normalized spacial score (nSPS) is 15.4. The summed E-state index contributed by atoms with van der Waals surface area (Å²) in [5.41, 5.74) is 0.357. The summed E-state index contributed by atoms with van der Waals surface area (Å²) in [6, 6.07) is 2.98. The van der Waals surface area contributed by atoms with Crippen molar-refractivity contribution in [2.75, 3.05) is 7.11 Å². The Bertz CT molecular complexity index is 722. The Morgan fingerprint density at radius 1 is 1.30 bits per heavy atom. The van der Waals surface area contributed by atoms with Crippen LogP contribution >= 0.6 is 15.2 Å². The molecular weight excluding hydrogens is 310 g/mol. The van der Waals surface area contributed by atoms with E-state index in [0.29, 0.717) is 11.2 Å². The molecule has 110 valence electrons. The van der Waals surface area contributed by atoms with E-state index < -0.39 is 15.2 Å². The predicted molar refractivity (Wildman–Crippen MR) is 68.5 cm³/mol. The van der Waals surface area contributed by atoms with Crippen LogP contribution in [-0.2, 0) is 24.9 Å². The lowest BCUT2D eigenvalue weighted by atomic mass is 10.3. The largest absolute Gasteiger partial charge is 0.374 e. The number of rotatable bonds is 5. The van der Waals surface area contributed by atoms with Crippen LogP contribution in [0.2, 0.25) is 0 Å². The second-order valence-electron chi connectivity index (χ2n) is 3.96. The summed E-state index contributed by atoms with van der Waals surface area (Å²) in [4.78, 5) is 35.8. The topological polar surface area (TPSA) is 131 Å². The Hall–Kier alpha value is -1.05. The molecule has 0 saturated heterocycles. The maximum atomic E-state index is 11.6. The zero-order valence-electron chi connectivity index (χ0n) is 10.3. The quantitative estimate of drug-likeness (QED) is 0.409. The molecule has 0 spiro atoms. The Kier molecular flexibility index (Phi) is 4.13. The number of fused-ring (bicyclic) bond motifs is 1. The molecule has 0 saturated carbocycles. The lowest BCUT2D eigenvalue weighted by Crippen LogP contribution is -2.10. The van der Waals surface area contributed by atoms with Crippen molar-refractivity contribution < 1.29 is 33.4 Å². The Balaban J connectivity index is 2.43. The first-order valence-electron chi connectivity index (χ1n) is 5.29. The van der Waals surface area contributed by atoms with Gasteiger partial charge in [-0.25, -0.2) is 9.87 Å². The van der Waals surface area contributed by atoms with E-state index in [1.165, 1.54) is 22.7 Å². The Morgan fingerprint density at radius 3 is 2.60 bits per heavy atom. The summed E-state index contributed by atoms with van der Waals surface area (Å²) < 4.78 is 28.3. The first kappa shape index (κ1) is 15.3. The zero-order valence-corrected chi connectivity index (χ0v) is 12.1. The third kappa shape index (κ3) is 3.34. The predicted octanol–water partition coefficient (Wildman–Crippen LogP) is 0.401. The van der Waals surface area contributed by atoms with Gasteiger partial charge in [-0.3, -0.25) is 13.5 Å². The third-order valence-electron chi connectivity index (χ3n) is 2.42. The van der Waals surface area contributed by atoms with E-state index in [2.05, 4.69) is 14.5 Å². The molecule has 0 fully saturated rings. The molecule has 9 nitrogen and oxygen atoms in total. The molecule has 2 aromatic heterocycles. The van der Waals surface area contributed by atoms with Crippen molar-refractivity contribution >= 4 is 26.3 Å². The molecule has 2 aromatic rings. The fraction of sp³-hybridized carbons (Fsp3) is 0.222. The maximum absolute atomic E-state index is 11.6. The minimum atomic E-state index is -4.49. The zero-order chi connectivity index (χ0) is 15.0. The lowest BCUT2D eigenvalue weighted by Gasteiger charge is -2.10. The van der Waals surface area contributed by atoms with Gasteiger partial charge in [0.1, 0.15) is 5.65 Å². The monoisotopic (exact) mass is 322 g/mol. The second-order valence-corrected chi connectivity index (χ2v) is 7.25. The van der Waals surface area contributed by atoms with Gasteiger partial charge in [-0.2, -0.15) is 0 Å². The van der Waals surface area contributed by atoms with Gasteiger partial charge >= 0.3 is 15.2 Å². The molecule has 2 rings (SSSR count). The van der Waals surface area contributed by atoms with E-state index in [1.807, 2.05) is 0 Å². The van der Waals surface area contributed by atoms with Gasteiger partial charge in [-0.15, -0.1) is 4.67 Å². The number of nitrogens with zero attached hydrogens (tertiary/aromatic N) is 2. The van der Waals surface area contributed by atoms with Gasteiger partial charge < -0.3 is 14.7 Å². The first-order chi connectivity index (χ1) is 9.23. The average molecular weight is 322 g/mol. The molecule has 11 heteroatoms. The van der Waals surface area contributed by atoms with Crippen molar-refractivity contribution in [1.82, 2.24) is 9.38 Å². The highest BCUT2D eigenvalue weighted by molar-refractivity contribution is 7.60. The summed E-state index contributed by atoms with van der Waals surface area (Å²) in [6.45, 7) is 0. The maximum Gasteiger partial charge on any atom is 0.374 e. The van der Waals surface area contributed by atoms with Crippen molar-refractivity contribution in [2.24, 2.45) is 0 Å². The van der Waals surface area contributed by atoms with Gasteiger partial charge in [-0.05, 0) is 11.6 Å². The highest BCUT2D eigenvalue weighted by Gasteiger charge is 2.24. The number of hydrogen-bond acceptors (Lipinski definition) is 5. The average Bonchev–Trinajstić information content (AvgIpc) is 2.70. The highest BCUT2D eigenvalue weighted by Crippen LogP contribution is 2.45. The van der Waals surface area contributed by atoms with Crippen molar-refractivity contribution in [3.8, 4) is 0 Å². The van der Waals surface area contributed by atoms with Crippen LogP contribution in [0.4, 0.5) is 0 Å². The molecule has 0 bridgehead atoms. The molecule has 0 aromatic carbocycles. The fourth-order valence-electron chi connectivity index (χ4n) is 1.69. The van der Waals surface area contributed by atoms with Crippen LogP contribution in [0, 0.1) is 0 Å². The van der Waals surface area contributed by atoms with Gasteiger partial charge in [0.05, 0.1) is 19.5 Å². The standard InChI is InChI=1S/C9H12N2O7P2/c1-17-18-19(12,13)6-7-2-3-8-10-4-9(11(8)5-7)20(14,15)16/h2-5H,6H2,1H3,(H,12,13)(H2,14,15,16). The van der Waals surface area contributed by atoms with Gasteiger partial charge in [0.15, 0.2) is 5.44 Å². The van der Waals surface area contributed by atoms with E-state index in [0.717, 1.165) is 13.3 Å². The van der Waals surface area contributed by atoms with E-state index in [-0.39, 0.29) is 11.6 Å². The van der Waals surface area contributed by atoms with Crippen molar-refractivity contribution in [3.05, 3.63) is 30.1 Å². The molecule has 2 heterocycles. The van der Waals surface area contributed by atoms with Gasteiger partial charge in [0.25, 0.3) is 0 Å². The van der Waals surface area contributed by atoms with Crippen LogP contribution in [-0.4, -0.2) is 31.2 Å². The highest BCUT2D eigenvalue weighted by atomic mass is 31.2. The Labute approximate surface area is 113 Å². The van der Waals surface area contributed by atoms with Crippen LogP contribution in [0.5, 0.6) is 0 Å². The molecular formula is C9H12N2O7P2. The molecule has 1 atom stereocenters. The summed E-state index contributed by atoms with van der Waals surface area (Å²) in [5.74, 6) is 0. The van der Waals surface area contributed by atoms with E-state index in [9.17, 15) is 23.8 Å². The molecule has 20 heavy (non-hydrogen) atoms. The van der Waals surface area contributed by atoms with Crippen LogP contribution in [0.15, 0.2) is 24.5 Å². The van der Waals surface area contributed by atoms with Crippen LogP contribution in [0.3, 0.4) is 0 Å². The molecule has 0 aliphatic heterocycles. The second kappa shape index (κ2) is 5.38. The minimum Gasteiger partial charge on any atom is -0.323 e. The summed E-state index contributed by atoms with van der Waals surface area (Å²) in [7, 11) is -7.36. The number of aromatic nitrogens is 2. The number of hydrogen-bond donors (Lipinski definition) is 3. The van der Waals surface area contributed by atoms with E-state index in [1.54, 1.807) is 0 Å². The van der Waals surface area contributed by atoms with E-state index in [4.69, 9.17) is 0 Å². The first-order valence-corrected chi connectivity index (χ1v) is 8.67. The SMILES string of the molecule is COOP(=O)(O)Cc1ccc2ncc(P(=O)(O)O)n2c1. The molecule has 1 unspecified atom stereocenters. The lowest BCUT2D eigenvalue weighted by molar-refractivity contribution is -0.185. The van der Waals surface area contributed by atoms with Crippen molar-refractivity contribution in [2.45, 2.75) is 6.16 Å². The Morgan fingerprint density at radius 2 is 2.00 bits per heavy atom. The van der Waals surface area contributed by atoms with Crippen LogP contribution < -0.4 is 5.44 Å². The minimum absolute atomic E-state index is 0.296. The molecule has 0 aliphatic rings. The van der Waals surface area contributed by atoms with Gasteiger partial charge in [0.2, 0.25) is 0 Å². The van der Waals surface area contributed by atoms with Gasteiger partial charge in [0, 0.05) is 6.20 Å². The van der Waals surface area contributed by atoms with Crippen LogP contribution in [0.25, 0.3) is 5.65 Å². The number of imidazole rings is 1. The summed E-state index contributed by atoms with van der Waals surface area (Å²) in [5, 5.41) is 0. The summed E-state index contributed by atoms with van der Waals surface area (Å²) in [6.07, 6.45) is 2.01. The fourth-order valence-corrected chi connectivity index (χ4v) is 3.28. The molecule has 3 N–H and O–H groups in total.